The van der Waals surface area contributed by atoms with Gasteiger partial charge in [-0.15, -0.1) is 0 Å². The lowest BCUT2D eigenvalue weighted by atomic mass is 9.69. The van der Waals surface area contributed by atoms with Crippen LogP contribution in [0, 0.1) is 22.7 Å². The first-order chi connectivity index (χ1) is 6.27. The number of hydrogen-bond acceptors (Lipinski definition) is 2. The van der Waals surface area contributed by atoms with E-state index < -0.39 is 5.41 Å². The third-order valence-electron chi connectivity index (χ3n) is 3.10. The monoisotopic (exact) mass is 178 g/mol. The molecule has 2 fully saturated rings. The van der Waals surface area contributed by atoms with Gasteiger partial charge in [-0.05, 0) is 38.0 Å². The summed E-state index contributed by atoms with van der Waals surface area (Å²) in [5.74, 6) is 0.660. The summed E-state index contributed by atoms with van der Waals surface area (Å²) in [5.41, 5.74) is -0.658. The second-order valence-electron chi connectivity index (χ2n) is 4.20. The van der Waals surface area contributed by atoms with E-state index in [0.29, 0.717) is 5.92 Å². The van der Waals surface area contributed by atoms with Crippen molar-refractivity contribution >= 4 is 5.91 Å². The molecule has 1 N–H and O–H groups in total. The summed E-state index contributed by atoms with van der Waals surface area (Å²) in [6, 6.07) is 2.15. The average molecular weight is 178 g/mol. The number of nitrogens with one attached hydrogen (secondary N) is 1. The molecule has 0 aromatic heterocycles. The molecule has 0 aromatic rings. The Kier molecular flexibility index (Phi) is 1.99. The molecule has 13 heavy (non-hydrogen) atoms. The first-order valence-electron chi connectivity index (χ1n) is 4.96. The van der Waals surface area contributed by atoms with Crippen LogP contribution in [-0.4, -0.2) is 12.5 Å². The quantitative estimate of drug-likeness (QED) is 0.706. The Morgan fingerprint density at radius 1 is 1.54 bits per heavy atom. The number of amides is 1. The van der Waals surface area contributed by atoms with Gasteiger partial charge in [-0.1, -0.05) is 0 Å². The van der Waals surface area contributed by atoms with Crippen molar-refractivity contribution in [3.63, 3.8) is 0 Å². The van der Waals surface area contributed by atoms with Crippen LogP contribution in [0.1, 0.15) is 32.1 Å². The molecule has 0 saturated heterocycles. The molecule has 0 radical (unpaired) electrons. The lowest BCUT2D eigenvalue weighted by Crippen LogP contribution is -2.45. The predicted octanol–water partition coefficient (Wildman–Crippen LogP) is 1.21. The fourth-order valence-electron chi connectivity index (χ4n) is 1.65. The van der Waals surface area contributed by atoms with Crippen molar-refractivity contribution in [2.75, 3.05) is 6.54 Å². The molecule has 0 aliphatic heterocycles. The normalized spacial score (nSPS) is 24.2. The van der Waals surface area contributed by atoms with Crippen LogP contribution in [0.5, 0.6) is 0 Å². The highest BCUT2D eigenvalue weighted by molar-refractivity contribution is 5.86. The molecule has 0 unspecified atom stereocenters. The Morgan fingerprint density at radius 2 is 2.23 bits per heavy atom. The van der Waals surface area contributed by atoms with Crippen LogP contribution in [0.4, 0.5) is 0 Å². The van der Waals surface area contributed by atoms with E-state index >= 15 is 0 Å². The predicted molar refractivity (Wildman–Crippen MR) is 47.6 cm³/mol. The van der Waals surface area contributed by atoms with Gasteiger partial charge in [0.05, 0.1) is 6.07 Å². The minimum absolute atomic E-state index is 0.0341. The van der Waals surface area contributed by atoms with Gasteiger partial charge in [0, 0.05) is 6.54 Å². The van der Waals surface area contributed by atoms with Crippen molar-refractivity contribution < 1.29 is 4.79 Å². The van der Waals surface area contributed by atoms with E-state index in [0.717, 1.165) is 25.8 Å². The van der Waals surface area contributed by atoms with E-state index in [1.165, 1.54) is 12.8 Å². The van der Waals surface area contributed by atoms with E-state index in [1.54, 1.807) is 0 Å². The second kappa shape index (κ2) is 3.02. The van der Waals surface area contributed by atoms with Crippen LogP contribution >= 0.6 is 0 Å². The van der Waals surface area contributed by atoms with Crippen molar-refractivity contribution in [2.24, 2.45) is 11.3 Å². The van der Waals surface area contributed by atoms with Gasteiger partial charge >= 0.3 is 0 Å². The zero-order chi connectivity index (χ0) is 9.31. The lowest BCUT2D eigenvalue weighted by Gasteiger charge is -2.33. The Bertz CT molecular complexity index is 259. The van der Waals surface area contributed by atoms with Crippen LogP contribution < -0.4 is 5.32 Å². The molecular weight excluding hydrogens is 164 g/mol. The van der Waals surface area contributed by atoms with E-state index in [1.807, 2.05) is 0 Å². The van der Waals surface area contributed by atoms with Gasteiger partial charge in [-0.3, -0.25) is 4.79 Å². The third kappa shape index (κ3) is 1.53. The maximum absolute atomic E-state index is 11.6. The number of carbonyl (C=O) groups excluding carboxylic acids is 1. The summed E-state index contributed by atoms with van der Waals surface area (Å²) in [5, 5.41) is 11.8. The fraction of sp³-hybridized carbons (Fsp3) is 0.800. The van der Waals surface area contributed by atoms with E-state index in [-0.39, 0.29) is 5.91 Å². The van der Waals surface area contributed by atoms with Gasteiger partial charge in [0.2, 0.25) is 5.91 Å². The molecule has 0 aromatic carbocycles. The summed E-state index contributed by atoms with van der Waals surface area (Å²) in [4.78, 5) is 11.6. The van der Waals surface area contributed by atoms with Crippen molar-refractivity contribution in [3.05, 3.63) is 0 Å². The molecule has 3 heteroatoms. The highest BCUT2D eigenvalue weighted by atomic mass is 16.2. The Balaban J connectivity index is 1.84. The molecule has 0 bridgehead atoms. The molecule has 1 amide bonds. The third-order valence-corrected chi connectivity index (χ3v) is 3.10. The number of carbonyl (C=O) groups is 1. The average Bonchev–Trinajstić information content (AvgIpc) is 2.82. The molecule has 70 valence electrons. The molecule has 0 heterocycles. The molecule has 2 aliphatic rings. The first kappa shape index (κ1) is 8.55. The second-order valence-corrected chi connectivity index (χ2v) is 4.20. The molecule has 0 atom stereocenters. The highest BCUT2D eigenvalue weighted by Gasteiger charge is 2.44. The fourth-order valence-corrected chi connectivity index (χ4v) is 1.65. The zero-order valence-electron chi connectivity index (χ0n) is 7.68. The van der Waals surface area contributed by atoms with Crippen LogP contribution in [0.3, 0.4) is 0 Å². The standard InChI is InChI=1S/C10H14N2O/c11-7-10(4-1-5-10)9(13)12-6-8-2-3-8/h8H,1-6H2,(H,12,13). The summed E-state index contributed by atoms with van der Waals surface area (Å²) in [7, 11) is 0. The van der Waals surface area contributed by atoms with Gasteiger partial charge in [0.1, 0.15) is 5.41 Å². The summed E-state index contributed by atoms with van der Waals surface area (Å²) in [6.07, 6.45) is 4.99. The molecule has 2 saturated carbocycles. The SMILES string of the molecule is N#CC1(C(=O)NCC2CC2)CCC1. The molecular formula is C10H14N2O. The molecule has 2 aliphatic carbocycles. The van der Waals surface area contributed by atoms with Crippen molar-refractivity contribution in [1.29, 1.82) is 5.26 Å². The first-order valence-corrected chi connectivity index (χ1v) is 4.96. The van der Waals surface area contributed by atoms with Gasteiger partial charge < -0.3 is 5.32 Å². The summed E-state index contributed by atoms with van der Waals surface area (Å²) < 4.78 is 0. The van der Waals surface area contributed by atoms with Crippen molar-refractivity contribution in [2.45, 2.75) is 32.1 Å². The van der Waals surface area contributed by atoms with Crippen molar-refractivity contribution in [1.82, 2.24) is 5.32 Å². The Hall–Kier alpha value is -1.04. The molecule has 0 spiro atoms. The van der Waals surface area contributed by atoms with E-state index in [2.05, 4.69) is 11.4 Å². The van der Waals surface area contributed by atoms with Crippen molar-refractivity contribution in [3.8, 4) is 6.07 Å². The Morgan fingerprint density at radius 3 is 2.62 bits per heavy atom. The number of hydrogen-bond donors (Lipinski definition) is 1. The van der Waals surface area contributed by atoms with Crippen LogP contribution in [0.25, 0.3) is 0 Å². The van der Waals surface area contributed by atoms with Gasteiger partial charge in [-0.2, -0.15) is 5.26 Å². The maximum atomic E-state index is 11.6. The van der Waals surface area contributed by atoms with Gasteiger partial charge in [0.15, 0.2) is 0 Å². The maximum Gasteiger partial charge on any atom is 0.240 e. The van der Waals surface area contributed by atoms with Crippen LogP contribution in [0.2, 0.25) is 0 Å². The minimum Gasteiger partial charge on any atom is -0.354 e. The van der Waals surface area contributed by atoms with Gasteiger partial charge in [-0.25, -0.2) is 0 Å². The van der Waals surface area contributed by atoms with Crippen LogP contribution in [0.15, 0.2) is 0 Å². The molecule has 2 rings (SSSR count). The summed E-state index contributed by atoms with van der Waals surface area (Å²) >= 11 is 0. The van der Waals surface area contributed by atoms with Gasteiger partial charge in [0.25, 0.3) is 0 Å². The molecule has 3 nitrogen and oxygen atoms in total. The van der Waals surface area contributed by atoms with E-state index in [4.69, 9.17) is 5.26 Å². The van der Waals surface area contributed by atoms with E-state index in [9.17, 15) is 4.79 Å². The lowest BCUT2D eigenvalue weighted by molar-refractivity contribution is -0.131. The summed E-state index contributed by atoms with van der Waals surface area (Å²) in [6.45, 7) is 0.780. The minimum atomic E-state index is -0.658. The Labute approximate surface area is 78.1 Å². The highest BCUT2D eigenvalue weighted by Crippen LogP contribution is 2.40. The number of nitrogens with zero attached hydrogens (tertiary/aromatic N) is 1. The number of rotatable bonds is 3. The topological polar surface area (TPSA) is 52.9 Å². The van der Waals surface area contributed by atoms with Crippen LogP contribution in [-0.2, 0) is 4.79 Å². The smallest absolute Gasteiger partial charge is 0.240 e. The zero-order valence-corrected chi connectivity index (χ0v) is 7.68. The number of nitriles is 1. The largest absolute Gasteiger partial charge is 0.354 e.